The largest absolute Gasteiger partial charge is 0.385 e. The highest BCUT2D eigenvalue weighted by Gasteiger charge is 2.42. The van der Waals surface area contributed by atoms with Crippen LogP contribution in [0.4, 0.5) is 0 Å². The highest BCUT2D eigenvalue weighted by atomic mass is 16.3. The predicted molar refractivity (Wildman–Crippen MR) is 67.4 cm³/mol. The van der Waals surface area contributed by atoms with Gasteiger partial charge in [0.15, 0.2) is 0 Å². The number of aliphatic hydroxyl groups is 1. The Morgan fingerprint density at radius 1 is 1.41 bits per heavy atom. The van der Waals surface area contributed by atoms with Crippen molar-refractivity contribution < 1.29 is 5.11 Å². The van der Waals surface area contributed by atoms with E-state index in [0.29, 0.717) is 0 Å². The fourth-order valence-corrected chi connectivity index (χ4v) is 3.94. The van der Waals surface area contributed by atoms with Crippen LogP contribution in [0.25, 0.3) is 0 Å². The van der Waals surface area contributed by atoms with Gasteiger partial charge in [-0.05, 0) is 56.4 Å². The maximum absolute atomic E-state index is 10.6. The van der Waals surface area contributed by atoms with Gasteiger partial charge in [-0.3, -0.25) is 4.98 Å². The van der Waals surface area contributed by atoms with Crippen LogP contribution in [0.1, 0.15) is 44.6 Å². The standard InChI is InChI=1S/C15H21NO/c1-15(17,14-3-2-6-16-10-14)9-13-8-11-4-5-12(13)7-11/h2-3,6,10-13,17H,4-5,7-9H2,1H3. The van der Waals surface area contributed by atoms with Crippen LogP contribution in [-0.4, -0.2) is 10.1 Å². The molecule has 0 amide bonds. The number of hydrogen-bond donors (Lipinski definition) is 1. The molecule has 4 unspecified atom stereocenters. The second-order valence-electron chi connectivity index (χ2n) is 6.15. The predicted octanol–water partition coefficient (Wildman–Crippen LogP) is 3.12. The summed E-state index contributed by atoms with van der Waals surface area (Å²) < 4.78 is 0. The van der Waals surface area contributed by atoms with Gasteiger partial charge in [0, 0.05) is 18.0 Å². The number of fused-ring (bicyclic) bond motifs is 2. The zero-order chi connectivity index (χ0) is 11.9. The monoisotopic (exact) mass is 231 g/mol. The Labute approximate surface area is 103 Å². The molecule has 0 spiro atoms. The molecule has 2 saturated carbocycles. The van der Waals surface area contributed by atoms with Crippen LogP contribution in [-0.2, 0) is 5.60 Å². The molecule has 2 aliphatic rings. The third-order valence-electron chi connectivity index (χ3n) is 4.83. The van der Waals surface area contributed by atoms with Crippen molar-refractivity contribution in [1.82, 2.24) is 4.98 Å². The van der Waals surface area contributed by atoms with Crippen LogP contribution in [0.5, 0.6) is 0 Å². The molecule has 2 nitrogen and oxygen atoms in total. The summed E-state index contributed by atoms with van der Waals surface area (Å²) in [6.45, 7) is 1.94. The minimum Gasteiger partial charge on any atom is -0.385 e. The van der Waals surface area contributed by atoms with Gasteiger partial charge in [0.25, 0.3) is 0 Å². The van der Waals surface area contributed by atoms with Crippen LogP contribution in [0.2, 0.25) is 0 Å². The Bertz CT molecular complexity index is 387. The van der Waals surface area contributed by atoms with Crippen molar-refractivity contribution in [3.63, 3.8) is 0 Å². The molecule has 1 aromatic rings. The van der Waals surface area contributed by atoms with Gasteiger partial charge in [-0.2, -0.15) is 0 Å². The molecule has 0 radical (unpaired) electrons. The Morgan fingerprint density at radius 2 is 2.29 bits per heavy atom. The third-order valence-corrected chi connectivity index (χ3v) is 4.83. The van der Waals surface area contributed by atoms with Crippen LogP contribution in [0, 0.1) is 17.8 Å². The van der Waals surface area contributed by atoms with Crippen LogP contribution < -0.4 is 0 Å². The average molecular weight is 231 g/mol. The van der Waals surface area contributed by atoms with Crippen LogP contribution >= 0.6 is 0 Å². The van der Waals surface area contributed by atoms with E-state index < -0.39 is 5.60 Å². The van der Waals surface area contributed by atoms with Gasteiger partial charge < -0.3 is 5.11 Å². The van der Waals surface area contributed by atoms with Gasteiger partial charge >= 0.3 is 0 Å². The number of aromatic nitrogens is 1. The van der Waals surface area contributed by atoms with E-state index in [1.165, 1.54) is 25.7 Å². The van der Waals surface area contributed by atoms with Gasteiger partial charge in [0.2, 0.25) is 0 Å². The van der Waals surface area contributed by atoms with Crippen LogP contribution in [0.15, 0.2) is 24.5 Å². The summed E-state index contributed by atoms with van der Waals surface area (Å²) >= 11 is 0. The van der Waals surface area contributed by atoms with Crippen molar-refractivity contribution in [2.45, 2.75) is 44.6 Å². The van der Waals surface area contributed by atoms with Gasteiger partial charge in [0.1, 0.15) is 0 Å². The van der Waals surface area contributed by atoms with Gasteiger partial charge in [-0.15, -0.1) is 0 Å². The van der Waals surface area contributed by atoms with Gasteiger partial charge in [-0.1, -0.05) is 12.5 Å². The van der Waals surface area contributed by atoms with Crippen molar-refractivity contribution >= 4 is 0 Å². The second kappa shape index (κ2) is 4.09. The van der Waals surface area contributed by atoms with Crippen molar-refractivity contribution in [3.8, 4) is 0 Å². The summed E-state index contributed by atoms with van der Waals surface area (Å²) in [5.74, 6) is 2.56. The quantitative estimate of drug-likeness (QED) is 0.867. The summed E-state index contributed by atoms with van der Waals surface area (Å²) in [6, 6.07) is 3.89. The Morgan fingerprint density at radius 3 is 2.88 bits per heavy atom. The fraction of sp³-hybridized carbons (Fsp3) is 0.667. The highest BCUT2D eigenvalue weighted by molar-refractivity contribution is 5.17. The maximum atomic E-state index is 10.6. The van der Waals surface area contributed by atoms with Gasteiger partial charge in [0.05, 0.1) is 5.60 Å². The zero-order valence-corrected chi connectivity index (χ0v) is 10.5. The van der Waals surface area contributed by atoms with E-state index in [4.69, 9.17) is 0 Å². The fourth-order valence-electron chi connectivity index (χ4n) is 3.94. The first-order valence-electron chi connectivity index (χ1n) is 6.78. The molecule has 0 aromatic carbocycles. The topological polar surface area (TPSA) is 33.1 Å². The number of rotatable bonds is 3. The lowest BCUT2D eigenvalue weighted by Crippen LogP contribution is -2.27. The highest BCUT2D eigenvalue weighted by Crippen LogP contribution is 2.51. The van der Waals surface area contributed by atoms with Crippen molar-refractivity contribution in [2.24, 2.45) is 17.8 Å². The minimum absolute atomic E-state index is 0.705. The molecule has 1 heterocycles. The number of hydrogen-bond acceptors (Lipinski definition) is 2. The van der Waals surface area contributed by atoms with Crippen molar-refractivity contribution in [1.29, 1.82) is 0 Å². The lowest BCUT2D eigenvalue weighted by molar-refractivity contribution is 0.0202. The lowest BCUT2D eigenvalue weighted by Gasteiger charge is -2.31. The van der Waals surface area contributed by atoms with E-state index in [0.717, 1.165) is 29.7 Å². The SMILES string of the molecule is CC(O)(CC1CC2CCC1C2)c1cccnc1. The number of pyridine rings is 1. The van der Waals surface area contributed by atoms with Gasteiger partial charge in [-0.25, -0.2) is 0 Å². The van der Waals surface area contributed by atoms with E-state index in [1.807, 2.05) is 19.1 Å². The average Bonchev–Trinajstić information content (AvgIpc) is 2.91. The normalized spacial score (nSPS) is 34.8. The van der Waals surface area contributed by atoms with E-state index >= 15 is 0 Å². The Hall–Kier alpha value is -0.890. The van der Waals surface area contributed by atoms with Crippen molar-refractivity contribution in [2.75, 3.05) is 0 Å². The first-order chi connectivity index (χ1) is 8.15. The second-order valence-corrected chi connectivity index (χ2v) is 6.15. The molecule has 4 atom stereocenters. The molecule has 1 aromatic heterocycles. The first-order valence-corrected chi connectivity index (χ1v) is 6.78. The molecule has 2 fully saturated rings. The van der Waals surface area contributed by atoms with Crippen molar-refractivity contribution in [3.05, 3.63) is 30.1 Å². The summed E-state index contributed by atoms with van der Waals surface area (Å²) in [7, 11) is 0. The van der Waals surface area contributed by atoms with E-state index in [-0.39, 0.29) is 0 Å². The molecule has 17 heavy (non-hydrogen) atoms. The van der Waals surface area contributed by atoms with E-state index in [9.17, 15) is 5.11 Å². The van der Waals surface area contributed by atoms with E-state index in [1.54, 1.807) is 12.4 Å². The molecule has 0 saturated heterocycles. The lowest BCUT2D eigenvalue weighted by atomic mass is 9.79. The number of nitrogens with zero attached hydrogens (tertiary/aromatic N) is 1. The molecular weight excluding hydrogens is 210 g/mol. The molecule has 2 heteroatoms. The molecule has 92 valence electrons. The summed E-state index contributed by atoms with van der Waals surface area (Å²) in [5, 5.41) is 10.6. The summed E-state index contributed by atoms with van der Waals surface area (Å²) in [6.07, 6.45) is 10.0. The molecule has 2 bridgehead atoms. The Kier molecular flexibility index (Phi) is 2.70. The summed E-state index contributed by atoms with van der Waals surface area (Å²) in [4.78, 5) is 4.11. The summed E-state index contributed by atoms with van der Waals surface area (Å²) in [5.41, 5.74) is 0.256. The molecule has 2 aliphatic carbocycles. The Balaban J connectivity index is 1.72. The molecular formula is C15H21NO. The van der Waals surface area contributed by atoms with Crippen LogP contribution in [0.3, 0.4) is 0 Å². The maximum Gasteiger partial charge on any atom is 0.0886 e. The molecule has 1 N–H and O–H groups in total. The molecule has 0 aliphatic heterocycles. The minimum atomic E-state index is -0.705. The third kappa shape index (κ3) is 2.11. The van der Waals surface area contributed by atoms with E-state index in [2.05, 4.69) is 4.98 Å². The first kappa shape index (κ1) is 11.2. The molecule has 3 rings (SSSR count). The smallest absolute Gasteiger partial charge is 0.0886 e. The zero-order valence-electron chi connectivity index (χ0n) is 10.5.